The summed E-state index contributed by atoms with van der Waals surface area (Å²) < 4.78 is 33.4. The summed E-state index contributed by atoms with van der Waals surface area (Å²) in [6, 6.07) is 25.9. The van der Waals surface area contributed by atoms with E-state index < -0.39 is 10.0 Å². The lowest BCUT2D eigenvalue weighted by atomic mass is 10.2. The Hall–Kier alpha value is -3.88. The summed E-state index contributed by atoms with van der Waals surface area (Å²) in [5.41, 5.74) is 2.51. The molecule has 0 bridgehead atoms. The fourth-order valence-corrected chi connectivity index (χ4v) is 5.73. The normalized spacial score (nSPS) is 11.7. The summed E-state index contributed by atoms with van der Waals surface area (Å²) in [6.45, 7) is 2.08. The van der Waals surface area contributed by atoms with Crippen molar-refractivity contribution in [2.24, 2.45) is 0 Å². The molecule has 0 radical (unpaired) electrons. The average molecular weight is 501 g/mol. The van der Waals surface area contributed by atoms with Gasteiger partial charge in [0.15, 0.2) is 0 Å². The standard InChI is InChI=1S/C28H28N4O3S/c1-35-27-18-28(31-25-14-7-5-13-24(25)27)30-17-9-16-29-19-21-20-32(26-15-8-6-12-23(21)26)36(33,34)22-10-3-2-4-11-22/h2-8,10-15,18,20,29H,9,16-17,19H2,1H3,(H,30,31). The number of ether oxygens (including phenoxy) is 1. The SMILES string of the molecule is COc1cc(NCCCNCc2cn(S(=O)(=O)c3ccccc3)c3ccccc23)nc2ccccc12. The van der Waals surface area contributed by atoms with E-state index in [0.717, 1.165) is 52.9 Å². The van der Waals surface area contributed by atoms with E-state index in [4.69, 9.17) is 4.74 Å². The van der Waals surface area contributed by atoms with Gasteiger partial charge in [-0.3, -0.25) is 0 Å². The van der Waals surface area contributed by atoms with Gasteiger partial charge in [-0.25, -0.2) is 17.4 Å². The van der Waals surface area contributed by atoms with Crippen LogP contribution in [0.15, 0.2) is 96.0 Å². The van der Waals surface area contributed by atoms with Gasteiger partial charge in [-0.15, -0.1) is 0 Å². The zero-order valence-electron chi connectivity index (χ0n) is 20.0. The van der Waals surface area contributed by atoms with E-state index >= 15 is 0 Å². The highest BCUT2D eigenvalue weighted by Crippen LogP contribution is 2.27. The van der Waals surface area contributed by atoms with Gasteiger partial charge in [0.25, 0.3) is 10.0 Å². The van der Waals surface area contributed by atoms with Gasteiger partial charge in [0.05, 0.1) is 23.0 Å². The van der Waals surface area contributed by atoms with Crippen molar-refractivity contribution in [1.82, 2.24) is 14.3 Å². The number of fused-ring (bicyclic) bond motifs is 2. The minimum Gasteiger partial charge on any atom is -0.496 e. The van der Waals surface area contributed by atoms with Crippen LogP contribution in [0.4, 0.5) is 5.82 Å². The molecule has 2 heterocycles. The number of hydrogen-bond donors (Lipinski definition) is 2. The Bertz CT molecular complexity index is 1600. The molecule has 36 heavy (non-hydrogen) atoms. The van der Waals surface area contributed by atoms with Gasteiger partial charge < -0.3 is 15.4 Å². The van der Waals surface area contributed by atoms with Crippen molar-refractivity contribution in [3.63, 3.8) is 0 Å². The summed E-state index contributed by atoms with van der Waals surface area (Å²) in [5.74, 6) is 1.57. The lowest BCUT2D eigenvalue weighted by Crippen LogP contribution is -2.18. The second-order valence-corrected chi connectivity index (χ2v) is 10.3. The fourth-order valence-electron chi connectivity index (χ4n) is 4.32. The van der Waals surface area contributed by atoms with Crippen molar-refractivity contribution in [2.75, 3.05) is 25.5 Å². The smallest absolute Gasteiger partial charge is 0.268 e. The molecule has 0 atom stereocenters. The molecular weight excluding hydrogens is 472 g/mol. The predicted octanol–water partition coefficient (Wildman–Crippen LogP) is 5.03. The minimum atomic E-state index is -3.67. The van der Waals surface area contributed by atoms with Crippen LogP contribution in [-0.2, 0) is 16.6 Å². The van der Waals surface area contributed by atoms with Crippen molar-refractivity contribution < 1.29 is 13.2 Å². The van der Waals surface area contributed by atoms with Crippen LogP contribution in [0, 0.1) is 0 Å². The van der Waals surface area contributed by atoms with E-state index in [1.54, 1.807) is 37.6 Å². The van der Waals surface area contributed by atoms with Gasteiger partial charge in [-0.05, 0) is 48.9 Å². The summed E-state index contributed by atoms with van der Waals surface area (Å²) in [6.07, 6.45) is 2.60. The van der Waals surface area contributed by atoms with Gasteiger partial charge in [0.1, 0.15) is 11.6 Å². The molecule has 3 aromatic carbocycles. The van der Waals surface area contributed by atoms with E-state index in [-0.39, 0.29) is 4.90 Å². The number of aromatic nitrogens is 2. The van der Waals surface area contributed by atoms with E-state index in [2.05, 4.69) is 15.6 Å². The topological polar surface area (TPSA) is 85.2 Å². The molecule has 2 N–H and O–H groups in total. The Balaban J connectivity index is 1.22. The largest absolute Gasteiger partial charge is 0.496 e. The van der Waals surface area contributed by atoms with Crippen LogP contribution in [0.3, 0.4) is 0 Å². The second-order valence-electron chi connectivity index (χ2n) is 8.47. The highest BCUT2D eigenvalue weighted by Gasteiger charge is 2.20. The first-order valence-corrected chi connectivity index (χ1v) is 13.3. The quantitative estimate of drug-likeness (QED) is 0.262. The lowest BCUT2D eigenvalue weighted by molar-refractivity contribution is 0.419. The molecule has 0 saturated heterocycles. The van der Waals surface area contributed by atoms with Crippen molar-refractivity contribution in [1.29, 1.82) is 0 Å². The van der Waals surface area contributed by atoms with E-state index in [0.29, 0.717) is 12.1 Å². The monoisotopic (exact) mass is 500 g/mol. The van der Waals surface area contributed by atoms with E-state index in [1.807, 2.05) is 60.7 Å². The van der Waals surface area contributed by atoms with Crippen LogP contribution in [0.1, 0.15) is 12.0 Å². The Morgan fingerprint density at radius 3 is 2.42 bits per heavy atom. The molecule has 0 aliphatic carbocycles. The number of methoxy groups -OCH3 is 1. The zero-order valence-corrected chi connectivity index (χ0v) is 20.8. The van der Waals surface area contributed by atoms with Crippen LogP contribution in [0.2, 0.25) is 0 Å². The third kappa shape index (κ3) is 4.78. The van der Waals surface area contributed by atoms with Crippen molar-refractivity contribution >= 4 is 37.6 Å². The fraction of sp³-hybridized carbons (Fsp3) is 0.179. The molecule has 2 aromatic heterocycles. The van der Waals surface area contributed by atoms with Crippen LogP contribution in [0.5, 0.6) is 5.75 Å². The Labute approximate surface area is 210 Å². The molecule has 0 amide bonds. The molecule has 5 rings (SSSR count). The Kier molecular flexibility index (Phi) is 6.88. The molecule has 0 saturated carbocycles. The van der Waals surface area contributed by atoms with E-state index in [1.165, 1.54) is 3.97 Å². The number of nitrogens with zero attached hydrogens (tertiary/aromatic N) is 2. The number of hydrogen-bond acceptors (Lipinski definition) is 6. The van der Waals surface area contributed by atoms with Gasteiger partial charge in [-0.1, -0.05) is 48.5 Å². The zero-order chi connectivity index (χ0) is 25.0. The molecule has 0 aliphatic heterocycles. The maximum Gasteiger partial charge on any atom is 0.268 e. The molecule has 8 heteroatoms. The highest BCUT2D eigenvalue weighted by molar-refractivity contribution is 7.90. The average Bonchev–Trinajstić information content (AvgIpc) is 3.30. The van der Waals surface area contributed by atoms with Crippen molar-refractivity contribution in [3.05, 3.63) is 96.7 Å². The maximum atomic E-state index is 13.3. The maximum absolute atomic E-state index is 13.3. The van der Waals surface area contributed by atoms with Crippen LogP contribution < -0.4 is 15.4 Å². The Morgan fingerprint density at radius 1 is 0.889 bits per heavy atom. The summed E-state index contributed by atoms with van der Waals surface area (Å²) in [5, 5.41) is 8.72. The van der Waals surface area contributed by atoms with Crippen LogP contribution >= 0.6 is 0 Å². The first-order chi connectivity index (χ1) is 17.6. The number of anilines is 1. The molecule has 0 fully saturated rings. The number of rotatable bonds is 10. The lowest BCUT2D eigenvalue weighted by Gasteiger charge is -2.10. The minimum absolute atomic E-state index is 0.273. The summed E-state index contributed by atoms with van der Waals surface area (Å²) >= 11 is 0. The van der Waals surface area contributed by atoms with E-state index in [9.17, 15) is 8.42 Å². The third-order valence-electron chi connectivity index (χ3n) is 6.11. The molecule has 0 unspecified atom stereocenters. The number of para-hydroxylation sites is 2. The van der Waals surface area contributed by atoms with Crippen molar-refractivity contribution in [3.8, 4) is 5.75 Å². The summed E-state index contributed by atoms with van der Waals surface area (Å²) in [7, 11) is -2.01. The van der Waals surface area contributed by atoms with Gasteiger partial charge in [-0.2, -0.15) is 0 Å². The molecule has 0 aliphatic rings. The predicted molar refractivity (Wildman–Crippen MR) is 144 cm³/mol. The van der Waals surface area contributed by atoms with Gasteiger partial charge in [0.2, 0.25) is 0 Å². The van der Waals surface area contributed by atoms with Crippen LogP contribution in [-0.4, -0.2) is 37.6 Å². The van der Waals surface area contributed by atoms with Crippen LogP contribution in [0.25, 0.3) is 21.8 Å². The second kappa shape index (κ2) is 10.4. The number of pyridine rings is 1. The first kappa shape index (κ1) is 23.8. The summed E-state index contributed by atoms with van der Waals surface area (Å²) in [4.78, 5) is 4.94. The molecule has 0 spiro atoms. The molecule has 5 aromatic rings. The number of benzene rings is 3. The molecule has 184 valence electrons. The number of nitrogens with one attached hydrogen (secondary N) is 2. The van der Waals surface area contributed by atoms with Gasteiger partial charge in [0, 0.05) is 36.1 Å². The van der Waals surface area contributed by atoms with Gasteiger partial charge >= 0.3 is 0 Å². The van der Waals surface area contributed by atoms with Crippen molar-refractivity contribution in [2.45, 2.75) is 17.9 Å². The highest BCUT2D eigenvalue weighted by atomic mass is 32.2. The third-order valence-corrected chi connectivity index (χ3v) is 7.80. The molecule has 7 nitrogen and oxygen atoms in total. The first-order valence-electron chi connectivity index (χ1n) is 11.9. The molecular formula is C28H28N4O3S. The Morgan fingerprint density at radius 2 is 1.61 bits per heavy atom.